The number of rotatable bonds is 11. The Labute approximate surface area is 121 Å². The fourth-order valence-corrected chi connectivity index (χ4v) is 2.41. The molecule has 0 atom stereocenters. The van der Waals surface area contributed by atoms with Gasteiger partial charge in [0.15, 0.2) is 0 Å². The molecule has 0 aromatic rings. The summed E-state index contributed by atoms with van der Waals surface area (Å²) in [4.78, 5) is 16.4. The standard InChI is InChI=1S/C14H29BrN2O/c1-4-16(5-2)12-9-13-17(6-3)14(18)10-7-8-11-15/h4-13H2,1-3H3. The van der Waals surface area contributed by atoms with Crippen LogP contribution in [0.5, 0.6) is 0 Å². The molecule has 1 amide bonds. The largest absolute Gasteiger partial charge is 0.343 e. The first-order valence-corrected chi connectivity index (χ1v) is 8.37. The Balaban J connectivity index is 3.84. The lowest BCUT2D eigenvalue weighted by Crippen LogP contribution is -2.34. The summed E-state index contributed by atoms with van der Waals surface area (Å²) in [5.41, 5.74) is 0. The normalized spacial score (nSPS) is 10.9. The highest BCUT2D eigenvalue weighted by molar-refractivity contribution is 9.09. The van der Waals surface area contributed by atoms with E-state index in [1.807, 2.05) is 4.90 Å². The van der Waals surface area contributed by atoms with Crippen molar-refractivity contribution in [2.45, 2.75) is 46.5 Å². The van der Waals surface area contributed by atoms with Gasteiger partial charge in [-0.1, -0.05) is 29.8 Å². The molecule has 0 spiro atoms. The first-order chi connectivity index (χ1) is 8.69. The molecule has 0 heterocycles. The maximum absolute atomic E-state index is 12.0. The van der Waals surface area contributed by atoms with E-state index in [1.54, 1.807) is 0 Å². The highest BCUT2D eigenvalue weighted by Gasteiger charge is 2.11. The minimum Gasteiger partial charge on any atom is -0.343 e. The molecule has 0 aromatic heterocycles. The van der Waals surface area contributed by atoms with Gasteiger partial charge in [0, 0.05) is 24.8 Å². The monoisotopic (exact) mass is 320 g/mol. The fourth-order valence-electron chi connectivity index (χ4n) is 2.01. The third-order valence-corrected chi connectivity index (χ3v) is 3.87. The van der Waals surface area contributed by atoms with Crippen LogP contribution in [0.4, 0.5) is 0 Å². The van der Waals surface area contributed by atoms with Gasteiger partial charge in [0.05, 0.1) is 0 Å². The summed E-state index contributed by atoms with van der Waals surface area (Å²) in [6.45, 7) is 11.5. The van der Waals surface area contributed by atoms with E-state index < -0.39 is 0 Å². The van der Waals surface area contributed by atoms with Crippen LogP contribution in [0, 0.1) is 0 Å². The summed E-state index contributed by atoms with van der Waals surface area (Å²) >= 11 is 3.40. The van der Waals surface area contributed by atoms with E-state index in [0.29, 0.717) is 12.3 Å². The molecule has 108 valence electrons. The van der Waals surface area contributed by atoms with E-state index in [9.17, 15) is 4.79 Å². The van der Waals surface area contributed by atoms with Gasteiger partial charge in [-0.05, 0) is 45.8 Å². The Bertz CT molecular complexity index is 208. The molecule has 0 saturated heterocycles. The molecule has 0 aliphatic rings. The SMILES string of the molecule is CCN(CC)CCCN(CC)C(=O)CCCCBr. The van der Waals surface area contributed by atoms with Gasteiger partial charge < -0.3 is 9.80 Å². The first-order valence-electron chi connectivity index (χ1n) is 7.25. The summed E-state index contributed by atoms with van der Waals surface area (Å²) in [7, 11) is 0. The maximum Gasteiger partial charge on any atom is 0.222 e. The molecule has 0 aliphatic heterocycles. The number of halogens is 1. The van der Waals surface area contributed by atoms with Crippen molar-refractivity contribution in [3.63, 3.8) is 0 Å². The Kier molecular flexibility index (Phi) is 11.9. The molecule has 0 rings (SSSR count). The number of unbranched alkanes of at least 4 members (excludes halogenated alkanes) is 1. The van der Waals surface area contributed by atoms with Crippen molar-refractivity contribution in [1.29, 1.82) is 0 Å². The van der Waals surface area contributed by atoms with Crippen molar-refractivity contribution in [1.82, 2.24) is 9.80 Å². The maximum atomic E-state index is 12.0. The molecule has 0 radical (unpaired) electrons. The van der Waals surface area contributed by atoms with Gasteiger partial charge in [-0.2, -0.15) is 0 Å². The Morgan fingerprint density at radius 1 is 0.944 bits per heavy atom. The molecule has 0 aromatic carbocycles. The number of alkyl halides is 1. The molecular weight excluding hydrogens is 292 g/mol. The van der Waals surface area contributed by atoms with Crippen LogP contribution in [0.1, 0.15) is 46.5 Å². The van der Waals surface area contributed by atoms with Crippen LogP contribution in [-0.2, 0) is 4.79 Å². The van der Waals surface area contributed by atoms with Gasteiger partial charge in [0.1, 0.15) is 0 Å². The number of carbonyl (C=O) groups is 1. The second kappa shape index (κ2) is 12.0. The minimum atomic E-state index is 0.318. The van der Waals surface area contributed by atoms with Crippen molar-refractivity contribution >= 4 is 21.8 Å². The third-order valence-electron chi connectivity index (χ3n) is 3.31. The predicted octanol–water partition coefficient (Wildman–Crippen LogP) is 3.13. The highest BCUT2D eigenvalue weighted by atomic mass is 79.9. The van der Waals surface area contributed by atoms with Crippen LogP contribution >= 0.6 is 15.9 Å². The average Bonchev–Trinajstić information content (AvgIpc) is 2.39. The molecule has 0 unspecified atom stereocenters. The quantitative estimate of drug-likeness (QED) is 0.431. The molecule has 0 N–H and O–H groups in total. The van der Waals surface area contributed by atoms with Crippen molar-refractivity contribution < 1.29 is 4.79 Å². The second-order valence-electron chi connectivity index (χ2n) is 4.50. The Hall–Kier alpha value is -0.0900. The van der Waals surface area contributed by atoms with Gasteiger partial charge in [-0.3, -0.25) is 4.79 Å². The molecule has 0 fully saturated rings. The van der Waals surface area contributed by atoms with E-state index in [-0.39, 0.29) is 0 Å². The number of carbonyl (C=O) groups excluding carboxylic acids is 1. The van der Waals surface area contributed by atoms with Gasteiger partial charge >= 0.3 is 0 Å². The lowest BCUT2D eigenvalue weighted by Gasteiger charge is -2.23. The molecule has 4 heteroatoms. The van der Waals surface area contributed by atoms with E-state index in [2.05, 4.69) is 41.6 Å². The zero-order chi connectivity index (χ0) is 13.8. The summed E-state index contributed by atoms with van der Waals surface area (Å²) in [6.07, 6.45) is 3.86. The molecule has 0 aliphatic carbocycles. The molecule has 3 nitrogen and oxygen atoms in total. The second-order valence-corrected chi connectivity index (χ2v) is 5.29. The van der Waals surface area contributed by atoms with E-state index >= 15 is 0 Å². The zero-order valence-corrected chi connectivity index (χ0v) is 13.8. The van der Waals surface area contributed by atoms with Crippen LogP contribution in [0.3, 0.4) is 0 Å². The van der Waals surface area contributed by atoms with Crippen molar-refractivity contribution in [2.24, 2.45) is 0 Å². The van der Waals surface area contributed by atoms with Crippen LogP contribution in [0.2, 0.25) is 0 Å². The molecule has 0 saturated carbocycles. The van der Waals surface area contributed by atoms with E-state index in [1.165, 1.54) is 0 Å². The average molecular weight is 321 g/mol. The summed E-state index contributed by atoms with van der Waals surface area (Å²) in [6, 6.07) is 0. The first kappa shape index (κ1) is 17.9. The lowest BCUT2D eigenvalue weighted by molar-refractivity contribution is -0.131. The number of amides is 1. The lowest BCUT2D eigenvalue weighted by atomic mass is 10.2. The van der Waals surface area contributed by atoms with Gasteiger partial charge in [-0.25, -0.2) is 0 Å². The summed E-state index contributed by atoms with van der Waals surface area (Å²) in [5.74, 6) is 0.318. The molecule has 0 bridgehead atoms. The van der Waals surface area contributed by atoms with Crippen LogP contribution in [0.15, 0.2) is 0 Å². The van der Waals surface area contributed by atoms with Crippen molar-refractivity contribution in [2.75, 3.05) is 38.1 Å². The van der Waals surface area contributed by atoms with Crippen LogP contribution < -0.4 is 0 Å². The van der Waals surface area contributed by atoms with E-state index in [0.717, 1.165) is 57.3 Å². The van der Waals surface area contributed by atoms with Gasteiger partial charge in [-0.15, -0.1) is 0 Å². The minimum absolute atomic E-state index is 0.318. The van der Waals surface area contributed by atoms with E-state index in [4.69, 9.17) is 0 Å². The Morgan fingerprint density at radius 2 is 1.61 bits per heavy atom. The van der Waals surface area contributed by atoms with Gasteiger partial charge in [0.25, 0.3) is 0 Å². The number of hydrogen-bond acceptors (Lipinski definition) is 2. The zero-order valence-electron chi connectivity index (χ0n) is 12.3. The highest BCUT2D eigenvalue weighted by Crippen LogP contribution is 2.04. The summed E-state index contributed by atoms with van der Waals surface area (Å²) < 4.78 is 0. The number of nitrogens with zero attached hydrogens (tertiary/aromatic N) is 2. The smallest absolute Gasteiger partial charge is 0.222 e. The van der Waals surface area contributed by atoms with Crippen molar-refractivity contribution in [3.8, 4) is 0 Å². The fraction of sp³-hybridized carbons (Fsp3) is 0.929. The topological polar surface area (TPSA) is 23.6 Å². The number of hydrogen-bond donors (Lipinski definition) is 0. The molecular formula is C14H29BrN2O. The van der Waals surface area contributed by atoms with Crippen LogP contribution in [0.25, 0.3) is 0 Å². The van der Waals surface area contributed by atoms with Crippen molar-refractivity contribution in [3.05, 3.63) is 0 Å². The van der Waals surface area contributed by atoms with Gasteiger partial charge in [0.2, 0.25) is 5.91 Å². The Morgan fingerprint density at radius 3 is 2.11 bits per heavy atom. The molecule has 18 heavy (non-hydrogen) atoms. The predicted molar refractivity (Wildman–Crippen MR) is 82.3 cm³/mol. The van der Waals surface area contributed by atoms with Crippen LogP contribution in [-0.4, -0.2) is 53.8 Å². The third kappa shape index (κ3) is 8.09. The summed E-state index contributed by atoms with van der Waals surface area (Å²) in [5, 5.41) is 0.994.